The maximum absolute atomic E-state index is 12.2. The summed E-state index contributed by atoms with van der Waals surface area (Å²) in [5, 5.41) is 8.73. The Kier molecular flexibility index (Phi) is 6.68. The molecule has 3 aromatic rings. The Balaban J connectivity index is 1.43. The Morgan fingerprint density at radius 1 is 0.821 bits per heavy atom. The predicted octanol–water partition coefficient (Wildman–Crippen LogP) is 4.37. The summed E-state index contributed by atoms with van der Waals surface area (Å²) in [5.74, 6) is -0.517. The third-order valence-electron chi connectivity index (χ3n) is 4.08. The van der Waals surface area contributed by atoms with Crippen LogP contribution in [0.3, 0.4) is 0 Å². The molecule has 0 saturated carbocycles. The first-order valence-corrected chi connectivity index (χ1v) is 9.03. The van der Waals surface area contributed by atoms with Gasteiger partial charge in [0.2, 0.25) is 11.8 Å². The molecular weight excluding hydrogens is 350 g/mol. The number of benzene rings is 3. The fraction of sp³-hybridized carbons (Fsp3) is 0.0870. The Labute approximate surface area is 163 Å². The van der Waals surface area contributed by atoms with Gasteiger partial charge in [0.1, 0.15) is 0 Å². The Morgan fingerprint density at radius 3 is 2.39 bits per heavy atom. The molecule has 0 unspecified atom stereocenters. The highest BCUT2D eigenvalue weighted by molar-refractivity contribution is 6.02. The zero-order valence-corrected chi connectivity index (χ0v) is 15.3. The molecule has 0 bridgehead atoms. The quantitative estimate of drug-likeness (QED) is 0.478. The molecule has 3 aromatic carbocycles. The van der Waals surface area contributed by atoms with E-state index in [1.165, 1.54) is 6.21 Å². The van der Waals surface area contributed by atoms with Gasteiger partial charge in [0.25, 0.3) is 0 Å². The van der Waals surface area contributed by atoms with E-state index in [-0.39, 0.29) is 24.7 Å². The summed E-state index contributed by atoms with van der Waals surface area (Å²) < 4.78 is 0. The average Bonchev–Trinajstić information content (AvgIpc) is 2.73. The molecule has 2 amide bonds. The maximum Gasteiger partial charge on any atom is 0.240 e. The van der Waals surface area contributed by atoms with Crippen LogP contribution in [0.2, 0.25) is 0 Å². The lowest BCUT2D eigenvalue weighted by Gasteiger charge is -2.08. The molecule has 2 N–H and O–H groups in total. The third kappa shape index (κ3) is 5.64. The van der Waals surface area contributed by atoms with Gasteiger partial charge in [0, 0.05) is 30.1 Å². The van der Waals surface area contributed by atoms with Crippen molar-refractivity contribution in [1.29, 1.82) is 0 Å². The minimum atomic E-state index is -0.308. The van der Waals surface area contributed by atoms with Gasteiger partial charge in [-0.1, -0.05) is 72.8 Å². The third-order valence-corrected chi connectivity index (χ3v) is 4.08. The normalized spacial score (nSPS) is 11.1. The van der Waals surface area contributed by atoms with Crippen LogP contribution in [0.1, 0.15) is 18.4 Å². The largest absolute Gasteiger partial charge is 0.326 e. The number of hydrazone groups is 1. The van der Waals surface area contributed by atoms with Crippen molar-refractivity contribution in [3.63, 3.8) is 0 Å². The van der Waals surface area contributed by atoms with Crippen LogP contribution in [-0.4, -0.2) is 18.0 Å². The van der Waals surface area contributed by atoms with Crippen LogP contribution in [0.4, 0.5) is 5.69 Å². The highest BCUT2D eigenvalue weighted by Crippen LogP contribution is 2.23. The molecular formula is C23H21N3O2. The van der Waals surface area contributed by atoms with Crippen molar-refractivity contribution in [2.75, 3.05) is 5.32 Å². The Hall–Kier alpha value is -3.73. The van der Waals surface area contributed by atoms with Gasteiger partial charge < -0.3 is 5.32 Å². The highest BCUT2D eigenvalue weighted by Gasteiger charge is 2.08. The van der Waals surface area contributed by atoms with E-state index in [2.05, 4.69) is 15.8 Å². The van der Waals surface area contributed by atoms with Crippen molar-refractivity contribution in [2.24, 2.45) is 5.10 Å². The molecule has 0 saturated heterocycles. The highest BCUT2D eigenvalue weighted by atomic mass is 16.2. The summed E-state index contributed by atoms with van der Waals surface area (Å²) in [6.45, 7) is 0. The Morgan fingerprint density at radius 2 is 1.54 bits per heavy atom. The number of hydrogen-bond acceptors (Lipinski definition) is 3. The molecule has 0 aliphatic heterocycles. The predicted molar refractivity (Wildman–Crippen MR) is 114 cm³/mol. The zero-order chi connectivity index (χ0) is 19.6. The minimum absolute atomic E-state index is 0.0658. The number of carbonyl (C=O) groups is 2. The van der Waals surface area contributed by atoms with E-state index in [0.717, 1.165) is 22.0 Å². The number of nitrogens with zero attached hydrogens (tertiary/aromatic N) is 1. The van der Waals surface area contributed by atoms with E-state index in [4.69, 9.17) is 0 Å². The molecule has 0 heterocycles. The number of anilines is 1. The molecule has 0 fully saturated rings. The van der Waals surface area contributed by atoms with Gasteiger partial charge >= 0.3 is 0 Å². The van der Waals surface area contributed by atoms with Crippen LogP contribution in [0.5, 0.6) is 0 Å². The molecule has 0 aliphatic rings. The average molecular weight is 371 g/mol. The molecule has 0 atom stereocenters. The lowest BCUT2D eigenvalue weighted by atomic mass is 10.1. The molecule has 0 radical (unpaired) electrons. The standard InChI is InChI=1S/C23H21N3O2/c27-22(25-21-14-6-12-19-11-4-5-13-20(19)21)15-16-23(28)26-24-17-7-10-18-8-2-1-3-9-18/h1-14,17H,15-16H2,(H,25,27)(H,26,28)/b10-7-,24-17?. The second-order valence-electron chi connectivity index (χ2n) is 6.16. The minimum Gasteiger partial charge on any atom is -0.326 e. The Bertz CT molecular complexity index is 1010. The van der Waals surface area contributed by atoms with Gasteiger partial charge in [-0.25, -0.2) is 5.43 Å². The first-order chi connectivity index (χ1) is 13.7. The second kappa shape index (κ2) is 9.83. The second-order valence-corrected chi connectivity index (χ2v) is 6.16. The molecule has 3 rings (SSSR count). The number of amides is 2. The van der Waals surface area contributed by atoms with E-state index in [1.807, 2.05) is 78.9 Å². The number of allylic oxidation sites excluding steroid dienone is 1. The van der Waals surface area contributed by atoms with E-state index in [0.29, 0.717) is 0 Å². The van der Waals surface area contributed by atoms with E-state index >= 15 is 0 Å². The summed E-state index contributed by atoms with van der Waals surface area (Å²) in [5.41, 5.74) is 4.21. The van der Waals surface area contributed by atoms with Crippen molar-refractivity contribution >= 4 is 40.6 Å². The summed E-state index contributed by atoms with van der Waals surface area (Å²) in [6, 6.07) is 23.3. The van der Waals surface area contributed by atoms with Crippen molar-refractivity contribution in [2.45, 2.75) is 12.8 Å². The number of nitrogens with one attached hydrogen (secondary N) is 2. The SMILES string of the molecule is O=C(CCC(=O)Nc1cccc2ccccc12)NN=C/C=C\c1ccccc1. The molecule has 0 aromatic heterocycles. The summed E-state index contributed by atoms with van der Waals surface area (Å²) in [6.07, 6.45) is 5.28. The van der Waals surface area contributed by atoms with Gasteiger partial charge in [0.05, 0.1) is 0 Å². The lowest BCUT2D eigenvalue weighted by Crippen LogP contribution is -2.20. The summed E-state index contributed by atoms with van der Waals surface area (Å²) in [7, 11) is 0. The molecule has 140 valence electrons. The molecule has 0 spiro atoms. The first-order valence-electron chi connectivity index (χ1n) is 9.03. The number of fused-ring (bicyclic) bond motifs is 1. The fourth-order valence-electron chi connectivity index (χ4n) is 2.70. The van der Waals surface area contributed by atoms with Crippen LogP contribution in [0.25, 0.3) is 16.8 Å². The van der Waals surface area contributed by atoms with Gasteiger partial charge in [-0.05, 0) is 23.1 Å². The van der Waals surface area contributed by atoms with E-state index in [9.17, 15) is 9.59 Å². The van der Waals surface area contributed by atoms with Crippen molar-refractivity contribution in [3.8, 4) is 0 Å². The van der Waals surface area contributed by atoms with Crippen molar-refractivity contribution in [1.82, 2.24) is 5.43 Å². The van der Waals surface area contributed by atoms with E-state index < -0.39 is 0 Å². The van der Waals surface area contributed by atoms with Gasteiger partial charge in [0.15, 0.2) is 0 Å². The van der Waals surface area contributed by atoms with Crippen LogP contribution in [0.15, 0.2) is 84.0 Å². The molecule has 28 heavy (non-hydrogen) atoms. The molecule has 5 nitrogen and oxygen atoms in total. The first kappa shape index (κ1) is 19.0. The van der Waals surface area contributed by atoms with Crippen molar-refractivity contribution < 1.29 is 9.59 Å². The van der Waals surface area contributed by atoms with E-state index in [1.54, 1.807) is 6.08 Å². The topological polar surface area (TPSA) is 70.6 Å². The van der Waals surface area contributed by atoms with Gasteiger partial charge in [-0.2, -0.15) is 5.10 Å². The summed E-state index contributed by atoms with van der Waals surface area (Å²) in [4.78, 5) is 24.0. The van der Waals surface area contributed by atoms with Crippen LogP contribution in [-0.2, 0) is 9.59 Å². The summed E-state index contributed by atoms with van der Waals surface area (Å²) >= 11 is 0. The van der Waals surface area contributed by atoms with Gasteiger partial charge in [-0.15, -0.1) is 0 Å². The zero-order valence-electron chi connectivity index (χ0n) is 15.3. The fourth-order valence-corrected chi connectivity index (χ4v) is 2.70. The van der Waals surface area contributed by atoms with Crippen LogP contribution < -0.4 is 10.7 Å². The van der Waals surface area contributed by atoms with Crippen LogP contribution in [0, 0.1) is 0 Å². The molecule has 0 aliphatic carbocycles. The number of rotatable bonds is 7. The van der Waals surface area contributed by atoms with Gasteiger partial charge in [-0.3, -0.25) is 9.59 Å². The monoisotopic (exact) mass is 371 g/mol. The maximum atomic E-state index is 12.2. The molecule has 5 heteroatoms. The number of hydrogen-bond donors (Lipinski definition) is 2. The smallest absolute Gasteiger partial charge is 0.240 e. The lowest BCUT2D eigenvalue weighted by molar-refractivity contribution is -0.124. The number of carbonyl (C=O) groups excluding carboxylic acids is 2. The van der Waals surface area contributed by atoms with Crippen molar-refractivity contribution in [3.05, 3.63) is 84.4 Å². The van der Waals surface area contributed by atoms with Crippen LogP contribution >= 0.6 is 0 Å².